The van der Waals surface area contributed by atoms with Crippen molar-refractivity contribution in [1.29, 1.82) is 0 Å². The van der Waals surface area contributed by atoms with Gasteiger partial charge < -0.3 is 10.4 Å². The highest BCUT2D eigenvalue weighted by atomic mass is 35.5. The first-order valence-corrected chi connectivity index (χ1v) is 10.5. The Balaban J connectivity index is 1.78. The highest BCUT2D eigenvalue weighted by Gasteiger charge is 2.37. The third kappa shape index (κ3) is 4.74. The Morgan fingerprint density at radius 1 is 1.21 bits per heavy atom. The number of aliphatic hydroxyl groups is 1. The van der Waals surface area contributed by atoms with Crippen LogP contribution in [0.25, 0.3) is 0 Å². The fraction of sp³-hybridized carbons (Fsp3) is 0.278. The molecule has 3 rings (SSSR count). The van der Waals surface area contributed by atoms with Crippen molar-refractivity contribution < 1.29 is 32.6 Å². The summed E-state index contributed by atoms with van der Waals surface area (Å²) in [5.74, 6) is -1.19. The normalized spacial score (nSPS) is 17.1. The van der Waals surface area contributed by atoms with Gasteiger partial charge in [0.25, 0.3) is 5.91 Å². The number of anilines is 1. The van der Waals surface area contributed by atoms with Gasteiger partial charge in [-0.2, -0.15) is 8.95 Å². The summed E-state index contributed by atoms with van der Waals surface area (Å²) in [5, 5.41) is 21.6. The lowest BCUT2D eigenvalue weighted by molar-refractivity contribution is -1.12. The van der Waals surface area contributed by atoms with Crippen LogP contribution in [0.15, 0.2) is 47.4 Å². The molecule has 0 spiro atoms. The predicted molar refractivity (Wildman–Crippen MR) is 103 cm³/mol. The van der Waals surface area contributed by atoms with Crippen LogP contribution in [0.2, 0.25) is 5.02 Å². The number of nitrogens with one attached hydrogen (secondary N) is 1. The second-order valence-electron chi connectivity index (χ2n) is 6.70. The minimum atomic E-state index is -3.88. The van der Waals surface area contributed by atoms with E-state index < -0.39 is 33.1 Å². The molecule has 0 saturated carbocycles. The van der Waals surface area contributed by atoms with Crippen molar-refractivity contribution in [3.63, 3.8) is 0 Å². The molecule has 0 bridgehead atoms. The molecule has 1 aliphatic rings. The molecule has 8 nitrogen and oxygen atoms in total. The molecule has 2 aromatic rings. The molecule has 0 aliphatic carbocycles. The van der Waals surface area contributed by atoms with Gasteiger partial charge in [-0.15, -0.1) is 0 Å². The number of aliphatic hydroxyl groups excluding tert-OH is 1. The predicted octanol–water partition coefficient (Wildman–Crippen LogP) is 1.89. The number of piperazine rings is 1. The van der Waals surface area contributed by atoms with E-state index in [0.717, 1.165) is 6.07 Å². The average molecular weight is 445 g/mol. The molecule has 1 heterocycles. The van der Waals surface area contributed by atoms with E-state index in [0.29, 0.717) is 0 Å². The van der Waals surface area contributed by atoms with Gasteiger partial charge in [0, 0.05) is 11.3 Å². The Hall–Kier alpha value is -2.08. The molecule has 11 heteroatoms. The SMILES string of the molecule is O=C(Nc1ccc(F)c(Cl)c1)c1cccc(S(=O)(=O)N2CC[N+](O)(CO)CC2)c1. The molecule has 0 radical (unpaired) electrons. The molecule has 1 amide bonds. The van der Waals surface area contributed by atoms with Crippen LogP contribution in [0, 0.1) is 5.82 Å². The summed E-state index contributed by atoms with van der Waals surface area (Å²) in [4.78, 5) is 12.4. The summed E-state index contributed by atoms with van der Waals surface area (Å²) >= 11 is 5.70. The highest BCUT2D eigenvalue weighted by Crippen LogP contribution is 2.22. The van der Waals surface area contributed by atoms with Crippen molar-refractivity contribution in [3.05, 3.63) is 58.9 Å². The number of hydrogen-bond acceptors (Lipinski definition) is 5. The van der Waals surface area contributed by atoms with Crippen LogP contribution in [0.5, 0.6) is 0 Å². The van der Waals surface area contributed by atoms with Gasteiger partial charge in [0.1, 0.15) is 18.9 Å². The number of carbonyl (C=O) groups is 1. The van der Waals surface area contributed by atoms with Crippen LogP contribution in [0.1, 0.15) is 10.4 Å². The standard InChI is InChI=1S/C18H19ClFN3O5S/c19-16-11-14(4-5-17(16)20)21-18(25)13-2-1-3-15(10-13)29(27,28)22-6-8-23(26,12-24)9-7-22/h1-5,10-11,24,26H,6-9,12H2/p+1. The number of rotatable bonds is 5. The number of halogens is 2. The molecule has 1 saturated heterocycles. The number of sulfonamides is 1. The molecular formula is C18H20ClFN3O5S+. The van der Waals surface area contributed by atoms with Crippen molar-refractivity contribution in [3.8, 4) is 0 Å². The highest BCUT2D eigenvalue weighted by molar-refractivity contribution is 7.89. The van der Waals surface area contributed by atoms with Crippen LogP contribution >= 0.6 is 11.6 Å². The van der Waals surface area contributed by atoms with Gasteiger partial charge in [-0.3, -0.25) is 4.79 Å². The number of carbonyl (C=O) groups excluding carboxylic acids is 1. The summed E-state index contributed by atoms with van der Waals surface area (Å²) < 4.78 is 39.6. The average Bonchev–Trinajstić information content (AvgIpc) is 2.71. The van der Waals surface area contributed by atoms with E-state index in [9.17, 15) is 27.9 Å². The van der Waals surface area contributed by atoms with Gasteiger partial charge in [-0.05, 0) is 36.4 Å². The maximum absolute atomic E-state index is 13.2. The number of benzene rings is 2. The van der Waals surface area contributed by atoms with Crippen molar-refractivity contribution in [2.75, 3.05) is 38.2 Å². The molecule has 1 aliphatic heterocycles. The number of nitrogens with zero attached hydrogens (tertiary/aromatic N) is 2. The Morgan fingerprint density at radius 2 is 1.90 bits per heavy atom. The first kappa shape index (κ1) is 21.6. The van der Waals surface area contributed by atoms with Crippen LogP contribution in [-0.2, 0) is 10.0 Å². The third-order valence-corrected chi connectivity index (χ3v) is 6.89. The second-order valence-corrected chi connectivity index (χ2v) is 9.04. The summed E-state index contributed by atoms with van der Waals surface area (Å²) in [6.07, 6.45) is 0. The Bertz CT molecular complexity index is 1030. The zero-order chi connectivity index (χ0) is 21.2. The second kappa shape index (κ2) is 8.34. The minimum Gasteiger partial charge on any atom is -0.345 e. The fourth-order valence-electron chi connectivity index (χ4n) is 2.92. The molecule has 29 heavy (non-hydrogen) atoms. The fourth-order valence-corrected chi connectivity index (χ4v) is 4.57. The van der Waals surface area contributed by atoms with Crippen LogP contribution in [0.3, 0.4) is 0 Å². The minimum absolute atomic E-state index is 0.0316. The van der Waals surface area contributed by atoms with Crippen molar-refractivity contribution >= 4 is 33.2 Å². The van der Waals surface area contributed by atoms with Gasteiger partial charge in [0.05, 0.1) is 23.0 Å². The van der Waals surface area contributed by atoms with E-state index >= 15 is 0 Å². The van der Waals surface area contributed by atoms with E-state index in [1.807, 2.05) is 0 Å². The molecule has 0 unspecified atom stereocenters. The Kier molecular flexibility index (Phi) is 6.22. The van der Waals surface area contributed by atoms with E-state index in [1.165, 1.54) is 40.7 Å². The monoisotopic (exact) mass is 444 g/mol. The molecule has 156 valence electrons. The maximum atomic E-state index is 13.2. The maximum Gasteiger partial charge on any atom is 0.255 e. The smallest absolute Gasteiger partial charge is 0.255 e. The Morgan fingerprint density at radius 3 is 2.52 bits per heavy atom. The number of hydrogen-bond donors (Lipinski definition) is 3. The van der Waals surface area contributed by atoms with Crippen molar-refractivity contribution in [2.45, 2.75) is 4.90 Å². The largest absolute Gasteiger partial charge is 0.345 e. The number of amides is 1. The lowest BCUT2D eigenvalue weighted by Crippen LogP contribution is -2.58. The summed E-state index contributed by atoms with van der Waals surface area (Å²) in [6.45, 7) is -0.312. The zero-order valence-electron chi connectivity index (χ0n) is 15.3. The molecular weight excluding hydrogens is 425 g/mol. The number of quaternary nitrogens is 1. The first-order chi connectivity index (χ1) is 13.6. The third-order valence-electron chi connectivity index (χ3n) is 4.71. The lowest BCUT2D eigenvalue weighted by atomic mass is 10.2. The molecule has 3 N–H and O–H groups in total. The van der Waals surface area contributed by atoms with Gasteiger partial charge >= 0.3 is 0 Å². The van der Waals surface area contributed by atoms with E-state index in [1.54, 1.807) is 0 Å². The van der Waals surface area contributed by atoms with Crippen LogP contribution in [-0.4, -0.2) is 66.5 Å². The van der Waals surface area contributed by atoms with Gasteiger partial charge in [0.15, 0.2) is 0 Å². The van der Waals surface area contributed by atoms with Crippen LogP contribution in [0.4, 0.5) is 10.1 Å². The summed E-state index contributed by atoms with van der Waals surface area (Å²) in [5.41, 5.74) is 0.373. The topological polar surface area (TPSA) is 107 Å². The first-order valence-electron chi connectivity index (χ1n) is 8.71. The van der Waals surface area contributed by atoms with E-state index in [2.05, 4.69) is 5.32 Å². The molecule has 2 aromatic carbocycles. The lowest BCUT2D eigenvalue weighted by Gasteiger charge is -2.36. The summed E-state index contributed by atoms with van der Waals surface area (Å²) in [6, 6.07) is 9.24. The summed E-state index contributed by atoms with van der Waals surface area (Å²) in [7, 11) is -3.88. The molecule has 0 aromatic heterocycles. The van der Waals surface area contributed by atoms with E-state index in [-0.39, 0.29) is 47.3 Å². The van der Waals surface area contributed by atoms with Gasteiger partial charge in [-0.1, -0.05) is 17.7 Å². The molecule has 1 fully saturated rings. The molecule has 0 atom stereocenters. The van der Waals surface area contributed by atoms with Gasteiger partial charge in [0.2, 0.25) is 16.8 Å². The van der Waals surface area contributed by atoms with Crippen molar-refractivity contribution in [2.24, 2.45) is 0 Å². The van der Waals surface area contributed by atoms with Crippen molar-refractivity contribution in [1.82, 2.24) is 4.31 Å². The van der Waals surface area contributed by atoms with Crippen LogP contribution < -0.4 is 5.32 Å². The van der Waals surface area contributed by atoms with Gasteiger partial charge in [-0.25, -0.2) is 18.0 Å². The Labute approximate surface area is 172 Å². The van der Waals surface area contributed by atoms with E-state index in [4.69, 9.17) is 11.6 Å². The number of hydroxylamine groups is 3. The zero-order valence-corrected chi connectivity index (χ0v) is 16.8. The quantitative estimate of drug-likeness (QED) is 0.610.